The molecule has 1 unspecified atom stereocenters. The molecule has 0 amide bonds. The summed E-state index contributed by atoms with van der Waals surface area (Å²) in [4.78, 5) is 1.18. The van der Waals surface area contributed by atoms with Crippen molar-refractivity contribution in [3.63, 3.8) is 0 Å². The van der Waals surface area contributed by atoms with Gasteiger partial charge < -0.3 is 10.2 Å². The third-order valence-electron chi connectivity index (χ3n) is 3.72. The highest BCUT2D eigenvalue weighted by Gasteiger charge is 2.39. The summed E-state index contributed by atoms with van der Waals surface area (Å²) in [5, 5.41) is 22.7. The molecule has 1 saturated carbocycles. The average Bonchev–Trinajstić information content (AvgIpc) is 2.68. The van der Waals surface area contributed by atoms with Crippen LogP contribution in [0.3, 0.4) is 0 Å². The number of rotatable bonds is 2. The Kier molecular flexibility index (Phi) is 3.38. The van der Waals surface area contributed by atoms with Gasteiger partial charge in [0, 0.05) is 4.88 Å². The van der Waals surface area contributed by atoms with Crippen molar-refractivity contribution in [1.29, 1.82) is 0 Å². The van der Waals surface area contributed by atoms with Gasteiger partial charge in [-0.25, -0.2) is 0 Å². The summed E-state index contributed by atoms with van der Waals surface area (Å²) in [5.41, 5.74) is -0.0282. The van der Waals surface area contributed by atoms with Gasteiger partial charge in [0.25, 0.3) is 0 Å². The van der Waals surface area contributed by atoms with E-state index in [2.05, 4.69) is 6.92 Å². The molecular formula is C13H20O2S. The number of aliphatic hydroxyl groups excluding tert-OH is 1. The van der Waals surface area contributed by atoms with Crippen molar-refractivity contribution in [2.45, 2.75) is 51.2 Å². The molecule has 1 aliphatic rings. The lowest BCUT2D eigenvalue weighted by Crippen LogP contribution is -2.39. The fraction of sp³-hybridized carbons (Fsp3) is 0.692. The Morgan fingerprint density at radius 2 is 2.06 bits per heavy atom. The summed E-state index contributed by atoms with van der Waals surface area (Å²) in [6, 6.07) is 1.98. The zero-order valence-corrected chi connectivity index (χ0v) is 10.8. The van der Waals surface area contributed by atoms with Gasteiger partial charge in [-0.3, -0.25) is 0 Å². The van der Waals surface area contributed by atoms with E-state index in [-0.39, 0.29) is 0 Å². The minimum atomic E-state index is -0.903. The molecule has 1 aliphatic carbocycles. The molecule has 0 radical (unpaired) electrons. The first-order valence-corrected chi connectivity index (χ1v) is 6.85. The first-order chi connectivity index (χ1) is 7.51. The number of hydrogen-bond acceptors (Lipinski definition) is 3. The fourth-order valence-corrected chi connectivity index (χ4v) is 3.18. The summed E-state index contributed by atoms with van der Waals surface area (Å²) in [6.07, 6.45) is 2.73. The highest BCUT2D eigenvalue weighted by atomic mass is 32.1. The molecule has 0 bridgehead atoms. The maximum Gasteiger partial charge on any atom is 0.108 e. The van der Waals surface area contributed by atoms with Gasteiger partial charge in [-0.2, -0.15) is 0 Å². The predicted molar refractivity (Wildman–Crippen MR) is 66.6 cm³/mol. The molecule has 90 valence electrons. The van der Waals surface area contributed by atoms with E-state index in [1.54, 1.807) is 11.3 Å². The molecule has 16 heavy (non-hydrogen) atoms. The SMILES string of the molecule is Cc1cc(C(O)C2(O)CCC(C)CC2)cs1. The molecule has 1 aromatic rings. The van der Waals surface area contributed by atoms with Crippen molar-refractivity contribution in [3.05, 3.63) is 21.9 Å². The highest BCUT2D eigenvalue weighted by Crippen LogP contribution is 2.41. The Balaban J connectivity index is 2.11. The number of thiophene rings is 1. The Morgan fingerprint density at radius 1 is 1.44 bits per heavy atom. The van der Waals surface area contributed by atoms with Crippen LogP contribution in [-0.4, -0.2) is 15.8 Å². The smallest absolute Gasteiger partial charge is 0.108 e. The molecule has 3 heteroatoms. The molecule has 2 N–H and O–H groups in total. The van der Waals surface area contributed by atoms with Gasteiger partial charge in [0.15, 0.2) is 0 Å². The van der Waals surface area contributed by atoms with E-state index in [1.165, 1.54) is 4.88 Å². The van der Waals surface area contributed by atoms with Crippen LogP contribution in [0.2, 0.25) is 0 Å². The van der Waals surface area contributed by atoms with Crippen LogP contribution in [-0.2, 0) is 0 Å². The van der Waals surface area contributed by atoms with Crippen molar-refractivity contribution < 1.29 is 10.2 Å². The van der Waals surface area contributed by atoms with E-state index in [1.807, 2.05) is 18.4 Å². The second-order valence-corrected chi connectivity index (χ2v) is 6.29. The maximum atomic E-state index is 10.5. The second kappa shape index (κ2) is 4.47. The van der Waals surface area contributed by atoms with Crippen LogP contribution >= 0.6 is 11.3 Å². The summed E-state index contributed by atoms with van der Waals surface area (Å²) >= 11 is 1.62. The van der Waals surface area contributed by atoms with Crippen LogP contribution in [0, 0.1) is 12.8 Å². The number of aryl methyl sites for hydroxylation is 1. The summed E-state index contributed by atoms with van der Waals surface area (Å²) in [7, 11) is 0. The van der Waals surface area contributed by atoms with E-state index < -0.39 is 11.7 Å². The summed E-state index contributed by atoms with van der Waals surface area (Å²) in [5.74, 6) is 0.677. The van der Waals surface area contributed by atoms with Gasteiger partial charge in [-0.15, -0.1) is 11.3 Å². The van der Waals surface area contributed by atoms with Crippen molar-refractivity contribution in [2.75, 3.05) is 0 Å². The van der Waals surface area contributed by atoms with E-state index in [0.29, 0.717) is 18.8 Å². The second-order valence-electron chi connectivity index (χ2n) is 5.18. The van der Waals surface area contributed by atoms with Gasteiger partial charge in [-0.05, 0) is 55.5 Å². The molecule has 0 aromatic carbocycles. The number of aliphatic hydroxyl groups is 2. The normalized spacial score (nSPS) is 32.6. The van der Waals surface area contributed by atoms with E-state index in [4.69, 9.17) is 0 Å². The fourth-order valence-electron chi connectivity index (χ4n) is 2.45. The van der Waals surface area contributed by atoms with Crippen LogP contribution in [0.5, 0.6) is 0 Å². The predicted octanol–water partition coefficient (Wildman–Crippen LogP) is 3.03. The topological polar surface area (TPSA) is 40.5 Å². The van der Waals surface area contributed by atoms with Gasteiger partial charge in [0.2, 0.25) is 0 Å². The lowest BCUT2D eigenvalue weighted by Gasteiger charge is -2.38. The van der Waals surface area contributed by atoms with Gasteiger partial charge >= 0.3 is 0 Å². The molecule has 1 heterocycles. The minimum absolute atomic E-state index is 0.677. The first kappa shape index (κ1) is 12.1. The third kappa shape index (κ3) is 2.31. The lowest BCUT2D eigenvalue weighted by molar-refractivity contribution is -0.105. The van der Waals surface area contributed by atoms with Crippen molar-refractivity contribution in [2.24, 2.45) is 5.92 Å². The van der Waals surface area contributed by atoms with Gasteiger partial charge in [0.1, 0.15) is 6.10 Å². The molecule has 2 nitrogen and oxygen atoms in total. The Morgan fingerprint density at radius 3 is 2.56 bits per heavy atom. The third-order valence-corrected chi connectivity index (χ3v) is 4.60. The molecule has 1 fully saturated rings. The van der Waals surface area contributed by atoms with Crippen LogP contribution in [0.15, 0.2) is 11.4 Å². The summed E-state index contributed by atoms with van der Waals surface area (Å²) < 4.78 is 0. The van der Waals surface area contributed by atoms with Gasteiger partial charge in [0.05, 0.1) is 5.60 Å². The van der Waals surface area contributed by atoms with E-state index in [9.17, 15) is 10.2 Å². The molecule has 0 saturated heterocycles. The Bertz CT molecular complexity index is 351. The maximum absolute atomic E-state index is 10.5. The largest absolute Gasteiger partial charge is 0.387 e. The zero-order chi connectivity index (χ0) is 11.8. The lowest BCUT2D eigenvalue weighted by atomic mass is 9.75. The molecule has 0 spiro atoms. The monoisotopic (exact) mass is 240 g/mol. The average molecular weight is 240 g/mol. The highest BCUT2D eigenvalue weighted by molar-refractivity contribution is 7.10. The van der Waals surface area contributed by atoms with Crippen LogP contribution in [0.4, 0.5) is 0 Å². The van der Waals surface area contributed by atoms with Crippen molar-refractivity contribution >= 4 is 11.3 Å². The van der Waals surface area contributed by atoms with Crippen LogP contribution < -0.4 is 0 Å². The van der Waals surface area contributed by atoms with E-state index >= 15 is 0 Å². The van der Waals surface area contributed by atoms with Crippen LogP contribution in [0.25, 0.3) is 0 Å². The molecule has 2 rings (SSSR count). The first-order valence-electron chi connectivity index (χ1n) is 5.97. The van der Waals surface area contributed by atoms with Gasteiger partial charge in [-0.1, -0.05) is 6.92 Å². The minimum Gasteiger partial charge on any atom is -0.387 e. The zero-order valence-electron chi connectivity index (χ0n) is 9.94. The van der Waals surface area contributed by atoms with Crippen molar-refractivity contribution in [3.8, 4) is 0 Å². The van der Waals surface area contributed by atoms with Crippen molar-refractivity contribution in [1.82, 2.24) is 0 Å². The van der Waals surface area contributed by atoms with E-state index in [0.717, 1.165) is 18.4 Å². The number of hydrogen-bond donors (Lipinski definition) is 2. The molecule has 0 aliphatic heterocycles. The summed E-state index contributed by atoms with van der Waals surface area (Å²) in [6.45, 7) is 4.23. The Labute approximate surface area is 101 Å². The molecule has 1 aromatic heterocycles. The molecule has 1 atom stereocenters. The Hall–Kier alpha value is -0.380. The molecular weight excluding hydrogens is 220 g/mol. The van der Waals surface area contributed by atoms with Crippen LogP contribution in [0.1, 0.15) is 49.2 Å². The standard InChI is InChI=1S/C13H20O2S/c1-9-3-5-13(15,6-4-9)12(14)11-7-10(2)16-8-11/h7-9,12,14-15H,3-6H2,1-2H3. The quantitative estimate of drug-likeness (QED) is 0.834.